The van der Waals surface area contributed by atoms with Crippen LogP contribution in [-0.2, 0) is 0 Å². The van der Waals surface area contributed by atoms with Gasteiger partial charge in [-0.25, -0.2) is 4.68 Å². The van der Waals surface area contributed by atoms with E-state index in [-0.39, 0.29) is 5.75 Å². The van der Waals surface area contributed by atoms with E-state index in [4.69, 9.17) is 14.2 Å². The monoisotopic (exact) mass is 377 g/mol. The van der Waals surface area contributed by atoms with Gasteiger partial charge in [-0.1, -0.05) is 23.4 Å². The van der Waals surface area contributed by atoms with Crippen LogP contribution in [0.5, 0.6) is 23.0 Å². The first kappa shape index (κ1) is 17.7. The van der Waals surface area contributed by atoms with Crippen LogP contribution in [0.15, 0.2) is 54.6 Å². The van der Waals surface area contributed by atoms with Gasteiger partial charge in [-0.15, -0.1) is 5.10 Å². The lowest BCUT2D eigenvalue weighted by atomic mass is 10.0. The predicted molar refractivity (Wildman–Crippen MR) is 106 cm³/mol. The maximum atomic E-state index is 9.52. The standard InChI is InChI=1S/C21H19N3O4/c1-26-19-11-15(12-20(27-2)21(19)28-3)24-18-10-14(6-9-17(18)22-23-24)13-4-7-16(25)8-5-13/h4-12,25H,1-3H3. The van der Waals surface area contributed by atoms with E-state index in [1.54, 1.807) is 38.1 Å². The third-order valence-electron chi connectivity index (χ3n) is 4.54. The highest BCUT2D eigenvalue weighted by atomic mass is 16.5. The highest BCUT2D eigenvalue weighted by Gasteiger charge is 2.16. The summed E-state index contributed by atoms with van der Waals surface area (Å²) >= 11 is 0. The zero-order chi connectivity index (χ0) is 19.7. The largest absolute Gasteiger partial charge is 0.508 e. The minimum atomic E-state index is 0.231. The lowest BCUT2D eigenvalue weighted by Gasteiger charge is -2.14. The van der Waals surface area contributed by atoms with Crippen LogP contribution >= 0.6 is 0 Å². The highest BCUT2D eigenvalue weighted by molar-refractivity contribution is 5.83. The van der Waals surface area contributed by atoms with Gasteiger partial charge in [-0.2, -0.15) is 0 Å². The number of methoxy groups -OCH3 is 3. The van der Waals surface area contributed by atoms with Crippen molar-refractivity contribution in [2.45, 2.75) is 0 Å². The van der Waals surface area contributed by atoms with E-state index in [1.807, 2.05) is 42.5 Å². The van der Waals surface area contributed by atoms with E-state index in [0.717, 1.165) is 27.8 Å². The number of aromatic nitrogens is 3. The molecule has 3 aromatic carbocycles. The molecule has 1 N–H and O–H groups in total. The van der Waals surface area contributed by atoms with E-state index in [0.29, 0.717) is 17.2 Å². The summed E-state index contributed by atoms with van der Waals surface area (Å²) in [4.78, 5) is 0. The molecule has 0 amide bonds. The predicted octanol–water partition coefficient (Wildman–Crippen LogP) is 3.82. The number of aromatic hydroxyl groups is 1. The molecule has 0 aliphatic rings. The normalized spacial score (nSPS) is 10.8. The fourth-order valence-corrected chi connectivity index (χ4v) is 3.13. The van der Waals surface area contributed by atoms with E-state index in [2.05, 4.69) is 10.3 Å². The molecule has 0 aliphatic heterocycles. The lowest BCUT2D eigenvalue weighted by molar-refractivity contribution is 0.324. The zero-order valence-electron chi connectivity index (χ0n) is 15.7. The topological polar surface area (TPSA) is 78.6 Å². The van der Waals surface area contributed by atoms with E-state index in [9.17, 15) is 5.11 Å². The molecule has 0 spiro atoms. The van der Waals surface area contributed by atoms with Gasteiger partial charge < -0.3 is 19.3 Å². The molecule has 0 saturated carbocycles. The summed E-state index contributed by atoms with van der Waals surface area (Å²) in [7, 11) is 4.71. The van der Waals surface area contributed by atoms with Crippen LogP contribution in [0.2, 0.25) is 0 Å². The molecule has 7 heteroatoms. The molecule has 0 saturated heterocycles. The fourth-order valence-electron chi connectivity index (χ4n) is 3.13. The Kier molecular flexibility index (Phi) is 4.49. The number of rotatable bonds is 5. The minimum absolute atomic E-state index is 0.231. The van der Waals surface area contributed by atoms with E-state index in [1.165, 1.54) is 0 Å². The molecule has 4 rings (SSSR count). The average Bonchev–Trinajstić information content (AvgIpc) is 3.16. The van der Waals surface area contributed by atoms with Crippen molar-refractivity contribution in [1.82, 2.24) is 15.0 Å². The second-order valence-electron chi connectivity index (χ2n) is 6.14. The molecule has 4 aromatic rings. The fraction of sp³-hybridized carbons (Fsp3) is 0.143. The van der Waals surface area contributed by atoms with Crippen LogP contribution < -0.4 is 14.2 Å². The Labute approximate surface area is 161 Å². The summed E-state index contributed by atoms with van der Waals surface area (Å²) < 4.78 is 18.0. The number of phenolic OH excluding ortho intramolecular Hbond substituents is 1. The average molecular weight is 377 g/mol. The summed E-state index contributed by atoms with van der Waals surface area (Å²) in [5.74, 6) is 1.82. The molecular weight excluding hydrogens is 358 g/mol. The number of phenols is 1. The Morgan fingerprint density at radius 3 is 2.04 bits per heavy atom. The van der Waals surface area contributed by atoms with Gasteiger partial charge in [0.15, 0.2) is 11.5 Å². The van der Waals surface area contributed by atoms with Crippen LogP contribution in [0.3, 0.4) is 0 Å². The quantitative estimate of drug-likeness (QED) is 0.570. The second-order valence-corrected chi connectivity index (χ2v) is 6.14. The summed E-state index contributed by atoms with van der Waals surface area (Å²) in [6, 6.07) is 16.6. The highest BCUT2D eigenvalue weighted by Crippen LogP contribution is 2.39. The van der Waals surface area contributed by atoms with Crippen molar-refractivity contribution in [2.75, 3.05) is 21.3 Å². The van der Waals surface area contributed by atoms with Crippen molar-refractivity contribution in [3.8, 4) is 39.8 Å². The smallest absolute Gasteiger partial charge is 0.203 e. The Hall–Kier alpha value is -3.74. The number of hydrogen-bond donors (Lipinski definition) is 1. The molecular formula is C21H19N3O4. The number of nitrogens with zero attached hydrogens (tertiary/aromatic N) is 3. The van der Waals surface area contributed by atoms with Crippen molar-refractivity contribution < 1.29 is 19.3 Å². The van der Waals surface area contributed by atoms with Crippen LogP contribution in [-0.4, -0.2) is 41.4 Å². The Morgan fingerprint density at radius 2 is 1.43 bits per heavy atom. The molecule has 0 radical (unpaired) electrons. The van der Waals surface area contributed by atoms with Gasteiger partial charge in [0.1, 0.15) is 11.3 Å². The van der Waals surface area contributed by atoms with E-state index < -0.39 is 0 Å². The van der Waals surface area contributed by atoms with Gasteiger partial charge in [0, 0.05) is 12.1 Å². The summed E-state index contributed by atoms with van der Waals surface area (Å²) in [6.07, 6.45) is 0. The Balaban J connectivity index is 1.87. The summed E-state index contributed by atoms with van der Waals surface area (Å²) in [6.45, 7) is 0. The molecule has 0 unspecified atom stereocenters. The third kappa shape index (κ3) is 2.96. The van der Waals surface area contributed by atoms with Crippen molar-refractivity contribution in [1.29, 1.82) is 0 Å². The molecule has 0 fully saturated rings. The minimum Gasteiger partial charge on any atom is -0.508 e. The Morgan fingerprint density at radius 1 is 0.786 bits per heavy atom. The first-order chi connectivity index (χ1) is 13.6. The van der Waals surface area contributed by atoms with Gasteiger partial charge in [-0.3, -0.25) is 0 Å². The number of ether oxygens (including phenoxy) is 3. The van der Waals surface area contributed by atoms with Crippen molar-refractivity contribution in [3.05, 3.63) is 54.6 Å². The van der Waals surface area contributed by atoms with Crippen LogP contribution in [0.25, 0.3) is 27.8 Å². The number of benzene rings is 3. The van der Waals surface area contributed by atoms with Gasteiger partial charge in [0.2, 0.25) is 5.75 Å². The van der Waals surface area contributed by atoms with Gasteiger partial charge in [0.25, 0.3) is 0 Å². The molecule has 0 atom stereocenters. The van der Waals surface area contributed by atoms with Crippen LogP contribution in [0.4, 0.5) is 0 Å². The van der Waals surface area contributed by atoms with Gasteiger partial charge >= 0.3 is 0 Å². The second kappa shape index (κ2) is 7.11. The van der Waals surface area contributed by atoms with Crippen molar-refractivity contribution >= 4 is 11.0 Å². The van der Waals surface area contributed by atoms with Crippen molar-refractivity contribution in [3.63, 3.8) is 0 Å². The number of fused-ring (bicyclic) bond motifs is 1. The van der Waals surface area contributed by atoms with Crippen LogP contribution in [0, 0.1) is 0 Å². The molecule has 1 heterocycles. The summed E-state index contributed by atoms with van der Waals surface area (Å²) in [5.41, 5.74) is 4.30. The lowest BCUT2D eigenvalue weighted by Crippen LogP contribution is -2.01. The Bertz CT molecular complexity index is 1110. The number of hydrogen-bond acceptors (Lipinski definition) is 6. The SMILES string of the molecule is COc1cc(-n2nnc3ccc(-c4ccc(O)cc4)cc32)cc(OC)c1OC. The molecule has 7 nitrogen and oxygen atoms in total. The van der Waals surface area contributed by atoms with E-state index >= 15 is 0 Å². The molecule has 1 aromatic heterocycles. The first-order valence-electron chi connectivity index (χ1n) is 8.60. The molecule has 142 valence electrons. The van der Waals surface area contributed by atoms with Crippen molar-refractivity contribution in [2.24, 2.45) is 0 Å². The van der Waals surface area contributed by atoms with Gasteiger partial charge in [-0.05, 0) is 35.4 Å². The van der Waals surface area contributed by atoms with Gasteiger partial charge in [0.05, 0.1) is 32.5 Å². The zero-order valence-corrected chi connectivity index (χ0v) is 15.7. The molecule has 0 bridgehead atoms. The maximum absolute atomic E-state index is 9.52. The maximum Gasteiger partial charge on any atom is 0.203 e. The van der Waals surface area contributed by atoms with Crippen LogP contribution in [0.1, 0.15) is 0 Å². The summed E-state index contributed by atoms with van der Waals surface area (Å²) in [5, 5.41) is 18.1. The third-order valence-corrected chi connectivity index (χ3v) is 4.54. The molecule has 28 heavy (non-hydrogen) atoms. The molecule has 0 aliphatic carbocycles. The first-order valence-corrected chi connectivity index (χ1v) is 8.60.